The van der Waals surface area contributed by atoms with Crippen molar-refractivity contribution >= 4 is 11.7 Å². The molecule has 0 radical (unpaired) electrons. The van der Waals surface area contributed by atoms with Gasteiger partial charge in [-0.2, -0.15) is 0 Å². The van der Waals surface area contributed by atoms with Gasteiger partial charge in [0.25, 0.3) is 0 Å². The Morgan fingerprint density at radius 2 is 2.08 bits per heavy atom. The molecule has 0 bridgehead atoms. The van der Waals surface area contributed by atoms with Crippen LogP contribution in [-0.2, 0) is 9.47 Å². The Kier molecular flexibility index (Phi) is 4.55. The Hall–Kier alpha value is -2.53. The summed E-state index contributed by atoms with van der Waals surface area (Å²) in [6.45, 7) is 2.89. The van der Waals surface area contributed by atoms with Crippen LogP contribution in [0, 0.1) is 5.92 Å². The predicted molar refractivity (Wildman–Crippen MR) is 98.6 cm³/mol. The zero-order valence-electron chi connectivity index (χ0n) is 15.0. The largest absolute Gasteiger partial charge is 0.496 e. The number of benzene rings is 2. The van der Waals surface area contributed by atoms with Gasteiger partial charge in [0.2, 0.25) is 0 Å². The quantitative estimate of drug-likeness (QED) is 0.838. The maximum Gasteiger partial charge on any atom is 0.338 e. The van der Waals surface area contributed by atoms with Crippen molar-refractivity contribution in [3.63, 3.8) is 0 Å². The Balaban J connectivity index is 1.73. The molecule has 0 unspecified atom stereocenters. The molecule has 1 fully saturated rings. The van der Waals surface area contributed by atoms with E-state index in [2.05, 4.69) is 11.4 Å². The lowest BCUT2D eigenvalue weighted by Crippen LogP contribution is -2.29. The number of para-hydroxylation sites is 1. The topological polar surface area (TPSA) is 56.8 Å². The Bertz CT molecular complexity index is 819. The summed E-state index contributed by atoms with van der Waals surface area (Å²) in [7, 11) is 1.70. The van der Waals surface area contributed by atoms with Crippen LogP contribution in [0.25, 0.3) is 0 Å². The molecule has 5 nitrogen and oxygen atoms in total. The van der Waals surface area contributed by atoms with Gasteiger partial charge in [0.15, 0.2) is 0 Å². The molecule has 0 aliphatic carbocycles. The van der Waals surface area contributed by atoms with E-state index in [1.54, 1.807) is 13.2 Å². The lowest BCUT2D eigenvalue weighted by molar-refractivity contribution is 0.0525. The first-order valence-electron chi connectivity index (χ1n) is 9.05. The van der Waals surface area contributed by atoms with Crippen LogP contribution in [0.2, 0.25) is 0 Å². The van der Waals surface area contributed by atoms with E-state index in [0.29, 0.717) is 18.8 Å². The molecule has 0 saturated carbocycles. The number of rotatable bonds is 4. The van der Waals surface area contributed by atoms with Crippen LogP contribution < -0.4 is 10.1 Å². The molecule has 1 N–H and O–H groups in total. The number of esters is 1. The molecule has 2 aliphatic heterocycles. The first-order valence-corrected chi connectivity index (χ1v) is 9.05. The van der Waals surface area contributed by atoms with Crippen molar-refractivity contribution in [1.29, 1.82) is 0 Å². The SMILES string of the molecule is CCOC(=O)c1ccc2c(c1)[C@@H]1OCC[C@@H]1[C@H](c1ccccc1OC)N2. The Labute approximate surface area is 153 Å². The summed E-state index contributed by atoms with van der Waals surface area (Å²) in [6, 6.07) is 13.9. The normalized spacial score (nSPS) is 23.5. The molecule has 136 valence electrons. The van der Waals surface area contributed by atoms with E-state index in [1.165, 1.54) is 0 Å². The number of hydrogen-bond donors (Lipinski definition) is 1. The van der Waals surface area contributed by atoms with E-state index in [4.69, 9.17) is 14.2 Å². The summed E-state index contributed by atoms with van der Waals surface area (Å²) in [4.78, 5) is 12.1. The molecule has 0 amide bonds. The van der Waals surface area contributed by atoms with Gasteiger partial charge in [0.1, 0.15) is 5.75 Å². The summed E-state index contributed by atoms with van der Waals surface area (Å²) in [5, 5.41) is 3.65. The van der Waals surface area contributed by atoms with E-state index < -0.39 is 0 Å². The van der Waals surface area contributed by atoms with Crippen LogP contribution in [0.3, 0.4) is 0 Å². The lowest BCUT2D eigenvalue weighted by Gasteiger charge is -2.37. The highest BCUT2D eigenvalue weighted by atomic mass is 16.5. The smallest absolute Gasteiger partial charge is 0.338 e. The van der Waals surface area contributed by atoms with E-state index in [9.17, 15) is 4.79 Å². The number of carbonyl (C=O) groups excluding carboxylic acids is 1. The van der Waals surface area contributed by atoms with Gasteiger partial charge in [-0.1, -0.05) is 18.2 Å². The summed E-state index contributed by atoms with van der Waals surface area (Å²) in [5.41, 5.74) is 3.73. The van der Waals surface area contributed by atoms with E-state index in [1.807, 2.05) is 37.3 Å². The van der Waals surface area contributed by atoms with Crippen LogP contribution in [-0.4, -0.2) is 26.3 Å². The molecule has 26 heavy (non-hydrogen) atoms. The molecule has 3 atom stereocenters. The van der Waals surface area contributed by atoms with Gasteiger partial charge < -0.3 is 19.5 Å². The fourth-order valence-electron chi connectivity index (χ4n) is 4.05. The number of hydrogen-bond acceptors (Lipinski definition) is 5. The molecule has 0 spiro atoms. The molecular formula is C21H23NO4. The highest BCUT2D eigenvalue weighted by Gasteiger charge is 2.42. The van der Waals surface area contributed by atoms with Crippen LogP contribution in [0.1, 0.15) is 47.0 Å². The van der Waals surface area contributed by atoms with Crippen molar-refractivity contribution in [2.24, 2.45) is 5.92 Å². The number of carbonyl (C=O) groups is 1. The number of fused-ring (bicyclic) bond motifs is 3. The molecule has 1 saturated heterocycles. The van der Waals surface area contributed by atoms with Crippen molar-refractivity contribution < 1.29 is 19.0 Å². The second kappa shape index (κ2) is 7.00. The minimum Gasteiger partial charge on any atom is -0.496 e. The Morgan fingerprint density at radius 1 is 1.23 bits per heavy atom. The van der Waals surface area contributed by atoms with Crippen LogP contribution in [0.15, 0.2) is 42.5 Å². The van der Waals surface area contributed by atoms with Crippen LogP contribution >= 0.6 is 0 Å². The second-order valence-corrected chi connectivity index (χ2v) is 6.63. The van der Waals surface area contributed by atoms with E-state index in [-0.39, 0.29) is 24.0 Å². The molecule has 2 aromatic rings. The molecule has 2 aromatic carbocycles. The summed E-state index contributed by atoms with van der Waals surface area (Å²) >= 11 is 0. The average Bonchev–Trinajstić information content (AvgIpc) is 3.17. The number of anilines is 1. The highest BCUT2D eigenvalue weighted by molar-refractivity contribution is 5.90. The fourth-order valence-corrected chi connectivity index (χ4v) is 4.05. The summed E-state index contributed by atoms with van der Waals surface area (Å²) in [5.74, 6) is 0.871. The monoisotopic (exact) mass is 353 g/mol. The summed E-state index contributed by atoms with van der Waals surface area (Å²) < 4.78 is 16.8. The Morgan fingerprint density at radius 3 is 2.88 bits per heavy atom. The number of methoxy groups -OCH3 is 1. The third-order valence-corrected chi connectivity index (χ3v) is 5.22. The van der Waals surface area contributed by atoms with Crippen molar-refractivity contribution in [2.45, 2.75) is 25.5 Å². The maximum atomic E-state index is 12.1. The van der Waals surface area contributed by atoms with Gasteiger partial charge in [-0.15, -0.1) is 0 Å². The molecule has 2 heterocycles. The van der Waals surface area contributed by atoms with Gasteiger partial charge in [-0.3, -0.25) is 0 Å². The molecular weight excluding hydrogens is 330 g/mol. The first kappa shape index (κ1) is 16.9. The standard InChI is InChI=1S/C21H23NO4/c1-3-25-21(23)13-8-9-17-16(12-13)20-15(10-11-26-20)19(22-17)14-6-4-5-7-18(14)24-2/h4-9,12,15,19-20,22H,3,10-11H2,1-2H3/t15-,19+,20-/m1/s1. The van der Waals surface area contributed by atoms with Crippen molar-refractivity contribution in [2.75, 3.05) is 25.6 Å². The van der Waals surface area contributed by atoms with Gasteiger partial charge in [-0.25, -0.2) is 4.79 Å². The van der Waals surface area contributed by atoms with E-state index in [0.717, 1.165) is 29.0 Å². The van der Waals surface area contributed by atoms with Gasteiger partial charge in [-0.05, 0) is 37.6 Å². The van der Waals surface area contributed by atoms with Gasteiger partial charge in [0.05, 0.1) is 31.4 Å². The summed E-state index contributed by atoms with van der Waals surface area (Å²) in [6.07, 6.45) is 0.930. The lowest BCUT2D eigenvalue weighted by atomic mass is 9.80. The molecule has 4 rings (SSSR count). The maximum absolute atomic E-state index is 12.1. The van der Waals surface area contributed by atoms with Gasteiger partial charge >= 0.3 is 5.97 Å². The van der Waals surface area contributed by atoms with E-state index >= 15 is 0 Å². The molecule has 2 aliphatic rings. The molecule has 0 aromatic heterocycles. The zero-order chi connectivity index (χ0) is 18.1. The van der Waals surface area contributed by atoms with Crippen molar-refractivity contribution in [3.05, 3.63) is 59.2 Å². The average molecular weight is 353 g/mol. The van der Waals surface area contributed by atoms with Gasteiger partial charge in [0, 0.05) is 29.3 Å². The third-order valence-electron chi connectivity index (χ3n) is 5.22. The third kappa shape index (κ3) is 2.82. The van der Waals surface area contributed by atoms with Crippen molar-refractivity contribution in [3.8, 4) is 5.75 Å². The highest BCUT2D eigenvalue weighted by Crippen LogP contribution is 2.51. The van der Waals surface area contributed by atoms with Crippen LogP contribution in [0.4, 0.5) is 5.69 Å². The fraction of sp³-hybridized carbons (Fsp3) is 0.381. The minimum atomic E-state index is -0.295. The predicted octanol–water partition coefficient (Wildman–Crippen LogP) is 4.12. The second-order valence-electron chi connectivity index (χ2n) is 6.63. The molecule has 5 heteroatoms. The van der Waals surface area contributed by atoms with Crippen LogP contribution in [0.5, 0.6) is 5.75 Å². The minimum absolute atomic E-state index is 0.0319. The zero-order valence-corrected chi connectivity index (χ0v) is 15.0. The number of ether oxygens (including phenoxy) is 3. The number of nitrogens with one attached hydrogen (secondary N) is 1. The van der Waals surface area contributed by atoms with Crippen molar-refractivity contribution in [1.82, 2.24) is 0 Å². The first-order chi connectivity index (χ1) is 12.7.